The number of hydrogen-bond donors (Lipinski definition) is 0. The van der Waals surface area contributed by atoms with Crippen molar-refractivity contribution in [2.75, 3.05) is 0 Å². The molecule has 0 spiro atoms. The van der Waals surface area contributed by atoms with Gasteiger partial charge >= 0.3 is 12.2 Å². The molecule has 2 amide bonds. The molecule has 0 bridgehead atoms. The number of nitrogens with zero attached hydrogens (tertiary/aromatic N) is 2. The zero-order chi connectivity index (χ0) is 14.1. The SMILES string of the molecule is CC(C)CCC(C)OC(=O)N=NC(=O)OC(C)C. The van der Waals surface area contributed by atoms with Crippen LogP contribution in [0.3, 0.4) is 0 Å². The van der Waals surface area contributed by atoms with Gasteiger partial charge in [-0.2, -0.15) is 0 Å². The average molecular weight is 258 g/mol. The van der Waals surface area contributed by atoms with Crippen LogP contribution in [0.1, 0.15) is 47.5 Å². The van der Waals surface area contributed by atoms with Crippen LogP contribution in [0.5, 0.6) is 0 Å². The summed E-state index contributed by atoms with van der Waals surface area (Å²) < 4.78 is 9.63. The maximum atomic E-state index is 11.2. The fraction of sp³-hybridized carbons (Fsp3) is 0.833. The van der Waals surface area contributed by atoms with Crippen LogP contribution in [0.2, 0.25) is 0 Å². The molecule has 0 aromatic rings. The Morgan fingerprint density at radius 3 is 1.83 bits per heavy atom. The van der Waals surface area contributed by atoms with Gasteiger partial charge in [-0.15, -0.1) is 0 Å². The Kier molecular flexibility index (Phi) is 7.91. The predicted molar refractivity (Wildman–Crippen MR) is 66.5 cm³/mol. The molecule has 0 aliphatic rings. The smallest absolute Gasteiger partial charge is 0.444 e. The monoisotopic (exact) mass is 258 g/mol. The lowest BCUT2D eigenvalue weighted by Crippen LogP contribution is -2.13. The van der Waals surface area contributed by atoms with Gasteiger partial charge in [-0.3, -0.25) is 0 Å². The van der Waals surface area contributed by atoms with Crippen LogP contribution in [-0.2, 0) is 9.47 Å². The summed E-state index contributed by atoms with van der Waals surface area (Å²) in [7, 11) is 0. The van der Waals surface area contributed by atoms with Gasteiger partial charge in [0.1, 0.15) is 6.10 Å². The van der Waals surface area contributed by atoms with Gasteiger partial charge in [0.15, 0.2) is 0 Å². The average Bonchev–Trinajstić information content (AvgIpc) is 2.22. The van der Waals surface area contributed by atoms with E-state index in [0.29, 0.717) is 5.92 Å². The Balaban J connectivity index is 3.95. The molecule has 1 unspecified atom stereocenters. The first-order valence-corrected chi connectivity index (χ1v) is 6.14. The Morgan fingerprint density at radius 2 is 1.39 bits per heavy atom. The molecule has 0 radical (unpaired) electrons. The van der Waals surface area contributed by atoms with Crippen molar-refractivity contribution in [3.05, 3.63) is 0 Å². The molecule has 0 aliphatic carbocycles. The van der Waals surface area contributed by atoms with Crippen molar-refractivity contribution in [1.29, 1.82) is 0 Å². The van der Waals surface area contributed by atoms with Crippen LogP contribution in [0.25, 0.3) is 0 Å². The van der Waals surface area contributed by atoms with Crippen molar-refractivity contribution in [2.24, 2.45) is 16.1 Å². The molecule has 0 N–H and O–H groups in total. The highest BCUT2D eigenvalue weighted by Gasteiger charge is 2.10. The van der Waals surface area contributed by atoms with Crippen molar-refractivity contribution in [1.82, 2.24) is 0 Å². The van der Waals surface area contributed by atoms with Crippen LogP contribution in [0, 0.1) is 5.92 Å². The van der Waals surface area contributed by atoms with E-state index in [-0.39, 0.29) is 12.2 Å². The first-order valence-electron chi connectivity index (χ1n) is 6.14. The Bertz CT molecular complexity index is 300. The van der Waals surface area contributed by atoms with Gasteiger partial charge in [0.05, 0.1) is 6.10 Å². The summed E-state index contributed by atoms with van der Waals surface area (Å²) in [5, 5.41) is 6.24. The third kappa shape index (κ3) is 9.74. The maximum absolute atomic E-state index is 11.2. The van der Waals surface area contributed by atoms with Crippen LogP contribution in [-0.4, -0.2) is 24.4 Å². The van der Waals surface area contributed by atoms with E-state index in [4.69, 9.17) is 4.74 Å². The standard InChI is InChI=1S/C12H22N2O4/c1-8(2)6-7-10(5)18-12(16)14-13-11(15)17-9(3)4/h8-10H,6-7H2,1-5H3. The number of rotatable bonds is 5. The van der Waals surface area contributed by atoms with Crippen molar-refractivity contribution in [3.63, 3.8) is 0 Å². The number of carbonyl (C=O) groups is 2. The molecule has 6 heteroatoms. The van der Waals surface area contributed by atoms with Gasteiger partial charge in [0.2, 0.25) is 0 Å². The van der Waals surface area contributed by atoms with Crippen molar-refractivity contribution >= 4 is 12.2 Å². The van der Waals surface area contributed by atoms with Gasteiger partial charge in [0, 0.05) is 0 Å². The molecule has 0 aromatic heterocycles. The summed E-state index contributed by atoms with van der Waals surface area (Å²) >= 11 is 0. The number of azo groups is 1. The second-order valence-corrected chi connectivity index (χ2v) is 4.80. The van der Waals surface area contributed by atoms with E-state index in [1.807, 2.05) is 0 Å². The molecular weight excluding hydrogens is 236 g/mol. The molecule has 0 saturated carbocycles. The highest BCUT2D eigenvalue weighted by molar-refractivity contribution is 5.73. The molecular formula is C12H22N2O4. The van der Waals surface area contributed by atoms with Gasteiger partial charge in [-0.25, -0.2) is 9.59 Å². The van der Waals surface area contributed by atoms with Gasteiger partial charge in [0.25, 0.3) is 0 Å². The Labute approximate surface area is 108 Å². The maximum Gasteiger partial charge on any atom is 0.452 e. The summed E-state index contributed by atoms with van der Waals surface area (Å²) in [5.74, 6) is 0.550. The molecule has 0 heterocycles. The second kappa shape index (κ2) is 8.60. The van der Waals surface area contributed by atoms with Crippen molar-refractivity contribution < 1.29 is 19.1 Å². The third-order valence-corrected chi connectivity index (χ3v) is 2.00. The highest BCUT2D eigenvalue weighted by Crippen LogP contribution is 2.09. The van der Waals surface area contributed by atoms with Crippen molar-refractivity contribution in [2.45, 2.75) is 59.7 Å². The third-order valence-electron chi connectivity index (χ3n) is 2.00. The topological polar surface area (TPSA) is 77.3 Å². The van der Waals surface area contributed by atoms with E-state index < -0.39 is 12.2 Å². The fourth-order valence-electron chi connectivity index (χ4n) is 1.13. The highest BCUT2D eigenvalue weighted by atomic mass is 16.6. The second-order valence-electron chi connectivity index (χ2n) is 4.80. The molecule has 0 aliphatic heterocycles. The van der Waals surface area contributed by atoms with Crippen LogP contribution >= 0.6 is 0 Å². The zero-order valence-electron chi connectivity index (χ0n) is 11.7. The van der Waals surface area contributed by atoms with Crippen LogP contribution in [0.15, 0.2) is 10.2 Å². The van der Waals surface area contributed by atoms with E-state index in [1.165, 1.54) is 0 Å². The number of ether oxygens (including phenoxy) is 2. The minimum absolute atomic E-state index is 0.236. The molecule has 18 heavy (non-hydrogen) atoms. The molecule has 0 fully saturated rings. The minimum atomic E-state index is -0.892. The van der Waals surface area contributed by atoms with Gasteiger partial charge in [-0.05, 0) is 39.5 Å². The molecule has 1 atom stereocenters. The first-order chi connectivity index (χ1) is 8.31. The molecule has 104 valence electrons. The minimum Gasteiger partial charge on any atom is -0.444 e. The summed E-state index contributed by atoms with van der Waals surface area (Å²) in [5.41, 5.74) is 0. The fourth-order valence-corrected chi connectivity index (χ4v) is 1.13. The molecule has 0 rings (SSSR count). The largest absolute Gasteiger partial charge is 0.452 e. The Morgan fingerprint density at radius 1 is 0.889 bits per heavy atom. The van der Waals surface area contributed by atoms with E-state index >= 15 is 0 Å². The van der Waals surface area contributed by atoms with Crippen molar-refractivity contribution in [3.8, 4) is 0 Å². The first kappa shape index (κ1) is 16.5. The summed E-state index contributed by atoms with van der Waals surface area (Å²) in [4.78, 5) is 22.2. The number of carbonyl (C=O) groups excluding carboxylic acids is 2. The quantitative estimate of drug-likeness (QED) is 0.699. The lowest BCUT2D eigenvalue weighted by atomic mass is 10.1. The van der Waals surface area contributed by atoms with E-state index in [0.717, 1.165) is 12.8 Å². The van der Waals surface area contributed by atoms with Gasteiger partial charge < -0.3 is 9.47 Å². The van der Waals surface area contributed by atoms with E-state index in [2.05, 4.69) is 28.8 Å². The van der Waals surface area contributed by atoms with Crippen LogP contribution < -0.4 is 0 Å². The molecule has 0 aromatic carbocycles. The lowest BCUT2D eigenvalue weighted by Gasteiger charge is -2.11. The van der Waals surface area contributed by atoms with E-state index in [1.54, 1.807) is 20.8 Å². The lowest BCUT2D eigenvalue weighted by molar-refractivity contribution is 0.103. The Hall–Kier alpha value is -1.46. The zero-order valence-corrected chi connectivity index (χ0v) is 11.7. The number of hydrogen-bond acceptors (Lipinski definition) is 4. The van der Waals surface area contributed by atoms with E-state index in [9.17, 15) is 9.59 Å². The van der Waals surface area contributed by atoms with Crippen LogP contribution in [0.4, 0.5) is 9.59 Å². The summed E-state index contributed by atoms with van der Waals surface area (Å²) in [6, 6.07) is 0. The number of amides is 2. The summed E-state index contributed by atoms with van der Waals surface area (Å²) in [6.45, 7) is 9.33. The summed E-state index contributed by atoms with van der Waals surface area (Å²) in [6.07, 6.45) is -0.572. The predicted octanol–water partition coefficient (Wildman–Crippen LogP) is 3.94. The van der Waals surface area contributed by atoms with Gasteiger partial charge in [-0.1, -0.05) is 24.1 Å². The molecule has 6 nitrogen and oxygen atoms in total. The normalized spacial score (nSPS) is 13.1. The molecule has 0 saturated heterocycles.